The first-order chi connectivity index (χ1) is 13.5. The quantitative estimate of drug-likeness (QED) is 0.611. The highest BCUT2D eigenvalue weighted by Crippen LogP contribution is 2.15. The van der Waals surface area contributed by atoms with E-state index in [2.05, 4.69) is 10.3 Å². The van der Waals surface area contributed by atoms with Crippen LogP contribution in [0.5, 0.6) is 0 Å². The molecule has 1 amide bonds. The number of para-hydroxylation sites is 1. The van der Waals surface area contributed by atoms with Crippen LogP contribution in [0.4, 0.5) is 14.5 Å². The maximum atomic E-state index is 13.5. The van der Waals surface area contributed by atoms with Gasteiger partial charge in [-0.15, -0.1) is 0 Å². The third kappa shape index (κ3) is 4.51. The van der Waals surface area contributed by atoms with E-state index in [4.69, 9.17) is 0 Å². The molecule has 0 saturated carbocycles. The number of halogens is 2. The van der Waals surface area contributed by atoms with E-state index in [0.717, 1.165) is 10.6 Å². The minimum atomic E-state index is -0.830. The van der Waals surface area contributed by atoms with Gasteiger partial charge < -0.3 is 10.3 Å². The molecule has 2 N–H and O–H groups in total. The van der Waals surface area contributed by atoms with Gasteiger partial charge in [-0.1, -0.05) is 18.6 Å². The first kappa shape index (κ1) is 19.5. The zero-order chi connectivity index (χ0) is 20.1. The van der Waals surface area contributed by atoms with E-state index >= 15 is 0 Å². The third-order valence-electron chi connectivity index (χ3n) is 4.38. The van der Waals surface area contributed by atoms with Gasteiger partial charge in [0.1, 0.15) is 11.6 Å². The molecule has 2 aromatic carbocycles. The van der Waals surface area contributed by atoms with E-state index in [1.165, 1.54) is 6.07 Å². The Hall–Kier alpha value is -3.29. The Kier molecular flexibility index (Phi) is 5.98. The molecule has 0 spiro atoms. The fourth-order valence-corrected chi connectivity index (χ4v) is 2.94. The van der Waals surface area contributed by atoms with Crippen LogP contribution in [-0.2, 0) is 11.3 Å². The van der Waals surface area contributed by atoms with Crippen molar-refractivity contribution in [2.45, 2.75) is 32.2 Å². The van der Waals surface area contributed by atoms with Crippen LogP contribution in [0.25, 0.3) is 10.9 Å². The molecule has 0 bridgehead atoms. The van der Waals surface area contributed by atoms with E-state index in [0.29, 0.717) is 36.2 Å². The summed E-state index contributed by atoms with van der Waals surface area (Å²) in [5.41, 5.74) is -0.379. The number of H-pyrrole nitrogens is 1. The van der Waals surface area contributed by atoms with Crippen molar-refractivity contribution in [2.24, 2.45) is 0 Å². The van der Waals surface area contributed by atoms with Crippen molar-refractivity contribution in [1.82, 2.24) is 9.55 Å². The molecule has 3 rings (SSSR count). The van der Waals surface area contributed by atoms with Gasteiger partial charge in [0.15, 0.2) is 0 Å². The first-order valence-corrected chi connectivity index (χ1v) is 8.92. The zero-order valence-electron chi connectivity index (χ0n) is 15.0. The molecule has 0 aliphatic heterocycles. The molecule has 146 valence electrons. The predicted molar refractivity (Wildman–Crippen MR) is 102 cm³/mol. The van der Waals surface area contributed by atoms with Crippen molar-refractivity contribution in [3.63, 3.8) is 0 Å². The first-order valence-electron chi connectivity index (χ1n) is 8.92. The molecule has 3 aromatic rings. The SMILES string of the molecule is O=C(CCCCCn1c(=O)[nH]c2ccccc2c1=O)Nc1ccc(F)cc1F. The summed E-state index contributed by atoms with van der Waals surface area (Å²) in [5, 5.41) is 2.84. The number of aromatic amines is 1. The molecule has 0 fully saturated rings. The van der Waals surface area contributed by atoms with Crippen molar-refractivity contribution < 1.29 is 13.6 Å². The lowest BCUT2D eigenvalue weighted by atomic mass is 10.1. The number of aromatic nitrogens is 2. The fraction of sp³-hybridized carbons (Fsp3) is 0.250. The highest BCUT2D eigenvalue weighted by Gasteiger charge is 2.09. The van der Waals surface area contributed by atoms with Crippen LogP contribution in [0.2, 0.25) is 0 Å². The van der Waals surface area contributed by atoms with Gasteiger partial charge in [-0.25, -0.2) is 13.6 Å². The summed E-state index contributed by atoms with van der Waals surface area (Å²) >= 11 is 0. The zero-order valence-corrected chi connectivity index (χ0v) is 15.0. The number of carbonyl (C=O) groups is 1. The van der Waals surface area contributed by atoms with Crippen molar-refractivity contribution in [2.75, 3.05) is 5.32 Å². The Balaban J connectivity index is 1.50. The Labute approximate surface area is 158 Å². The van der Waals surface area contributed by atoms with Gasteiger partial charge in [0.2, 0.25) is 5.91 Å². The molecule has 1 heterocycles. The largest absolute Gasteiger partial charge is 0.328 e. The molecule has 28 heavy (non-hydrogen) atoms. The molecule has 8 heteroatoms. The van der Waals surface area contributed by atoms with Crippen LogP contribution < -0.4 is 16.6 Å². The van der Waals surface area contributed by atoms with Crippen LogP contribution >= 0.6 is 0 Å². The monoisotopic (exact) mass is 387 g/mol. The smallest absolute Gasteiger partial charge is 0.324 e. The van der Waals surface area contributed by atoms with E-state index < -0.39 is 17.3 Å². The molecule has 6 nitrogen and oxygen atoms in total. The van der Waals surface area contributed by atoms with Crippen LogP contribution in [-0.4, -0.2) is 15.5 Å². The lowest BCUT2D eigenvalue weighted by molar-refractivity contribution is -0.116. The van der Waals surface area contributed by atoms with Gasteiger partial charge in [-0.2, -0.15) is 0 Å². The molecular formula is C20H19F2N3O3. The fourth-order valence-electron chi connectivity index (χ4n) is 2.94. The number of nitrogens with zero attached hydrogens (tertiary/aromatic N) is 1. The van der Waals surface area contributed by atoms with Crippen LogP contribution in [0.3, 0.4) is 0 Å². The topological polar surface area (TPSA) is 84.0 Å². The standard InChI is InChI=1S/C20H19F2N3O3/c21-13-9-10-17(15(22)12-13)23-18(26)8-2-1-5-11-25-19(27)14-6-3-4-7-16(14)24-20(25)28/h3-4,6-7,9-10,12H,1-2,5,8,11H2,(H,23,26)(H,24,28). The minimum absolute atomic E-state index is 0.0688. The molecular weight excluding hydrogens is 368 g/mol. The van der Waals surface area contributed by atoms with Crippen LogP contribution in [0.15, 0.2) is 52.1 Å². The summed E-state index contributed by atoms with van der Waals surface area (Å²) in [6.45, 7) is 0.243. The van der Waals surface area contributed by atoms with Crippen LogP contribution in [0.1, 0.15) is 25.7 Å². The summed E-state index contributed by atoms with van der Waals surface area (Å²) < 4.78 is 27.5. The van der Waals surface area contributed by atoms with E-state index in [9.17, 15) is 23.2 Å². The predicted octanol–water partition coefficient (Wildman–Crippen LogP) is 3.17. The Morgan fingerprint density at radius 1 is 1.04 bits per heavy atom. The lowest BCUT2D eigenvalue weighted by Crippen LogP contribution is -2.35. The molecule has 0 radical (unpaired) electrons. The second-order valence-electron chi connectivity index (χ2n) is 6.42. The second-order valence-corrected chi connectivity index (χ2v) is 6.42. The van der Waals surface area contributed by atoms with Crippen LogP contribution in [0, 0.1) is 11.6 Å². The molecule has 0 aliphatic carbocycles. The van der Waals surface area contributed by atoms with Gasteiger partial charge in [-0.3, -0.25) is 14.2 Å². The number of fused-ring (bicyclic) bond motifs is 1. The van der Waals surface area contributed by atoms with Gasteiger partial charge in [0.25, 0.3) is 5.56 Å². The normalized spacial score (nSPS) is 10.9. The number of anilines is 1. The summed E-state index contributed by atoms with van der Waals surface area (Å²) in [5.74, 6) is -1.93. The lowest BCUT2D eigenvalue weighted by Gasteiger charge is -2.08. The highest BCUT2D eigenvalue weighted by atomic mass is 19.1. The van der Waals surface area contributed by atoms with E-state index in [1.807, 2.05) is 0 Å². The number of rotatable bonds is 7. The summed E-state index contributed by atoms with van der Waals surface area (Å²) in [7, 11) is 0. The van der Waals surface area contributed by atoms with Gasteiger partial charge in [0.05, 0.1) is 16.6 Å². The van der Waals surface area contributed by atoms with Crippen molar-refractivity contribution in [1.29, 1.82) is 0 Å². The number of benzene rings is 2. The van der Waals surface area contributed by atoms with E-state index in [-0.39, 0.29) is 30.1 Å². The number of nitrogens with one attached hydrogen (secondary N) is 2. The van der Waals surface area contributed by atoms with Gasteiger partial charge in [0, 0.05) is 19.0 Å². The third-order valence-corrected chi connectivity index (χ3v) is 4.38. The minimum Gasteiger partial charge on any atom is -0.324 e. The number of hydrogen-bond donors (Lipinski definition) is 2. The van der Waals surface area contributed by atoms with E-state index in [1.54, 1.807) is 24.3 Å². The Bertz CT molecular complexity index is 1120. The van der Waals surface area contributed by atoms with Gasteiger partial charge >= 0.3 is 5.69 Å². The molecule has 0 aliphatic rings. The van der Waals surface area contributed by atoms with Gasteiger partial charge in [-0.05, 0) is 37.1 Å². The number of carbonyl (C=O) groups excluding carboxylic acids is 1. The molecule has 0 atom stereocenters. The molecule has 0 unspecified atom stereocenters. The molecule has 0 saturated heterocycles. The second kappa shape index (κ2) is 8.60. The van der Waals surface area contributed by atoms with Crippen molar-refractivity contribution >= 4 is 22.5 Å². The molecule has 1 aromatic heterocycles. The highest BCUT2D eigenvalue weighted by molar-refractivity contribution is 5.90. The number of amides is 1. The average Bonchev–Trinajstić information content (AvgIpc) is 2.66. The van der Waals surface area contributed by atoms with Crippen molar-refractivity contribution in [3.8, 4) is 0 Å². The summed E-state index contributed by atoms with van der Waals surface area (Å²) in [4.78, 5) is 39.0. The number of unbranched alkanes of at least 4 members (excludes halogenated alkanes) is 2. The Morgan fingerprint density at radius 3 is 2.61 bits per heavy atom. The Morgan fingerprint density at radius 2 is 1.82 bits per heavy atom. The maximum Gasteiger partial charge on any atom is 0.328 e. The number of hydrogen-bond acceptors (Lipinski definition) is 3. The maximum absolute atomic E-state index is 13.5. The summed E-state index contributed by atoms with van der Waals surface area (Å²) in [6, 6.07) is 9.74. The summed E-state index contributed by atoms with van der Waals surface area (Å²) in [6.07, 6.45) is 1.81. The average molecular weight is 387 g/mol. The van der Waals surface area contributed by atoms with Crippen molar-refractivity contribution in [3.05, 3.63) is 74.9 Å².